The van der Waals surface area contributed by atoms with Crippen LogP contribution in [0.1, 0.15) is 5.56 Å². The van der Waals surface area contributed by atoms with Crippen molar-refractivity contribution in [2.24, 2.45) is 10.3 Å². The highest BCUT2D eigenvalue weighted by Crippen LogP contribution is 2.28. The molecule has 2 aromatic rings. The summed E-state index contributed by atoms with van der Waals surface area (Å²) in [7, 11) is 1.78. The maximum Gasteiger partial charge on any atom is 0.320 e. The average Bonchev–Trinajstić information content (AvgIpc) is 2.93. The predicted molar refractivity (Wildman–Crippen MR) is 90.0 cm³/mol. The van der Waals surface area contributed by atoms with Gasteiger partial charge >= 0.3 is 6.03 Å². The first kappa shape index (κ1) is 15.0. The van der Waals surface area contributed by atoms with E-state index in [1.54, 1.807) is 12.1 Å². The molecule has 0 spiro atoms. The zero-order valence-corrected chi connectivity index (χ0v) is 13.2. The van der Waals surface area contributed by atoms with Crippen LogP contribution >= 0.6 is 0 Å². The van der Waals surface area contributed by atoms with Gasteiger partial charge in [0.05, 0.1) is 5.69 Å². The Morgan fingerprint density at radius 1 is 1.22 bits per heavy atom. The van der Waals surface area contributed by atoms with Crippen LogP contribution in [0.2, 0.25) is 0 Å². The molecule has 1 atom stereocenters. The number of anilines is 1. The molecule has 0 bridgehead atoms. The van der Waals surface area contributed by atoms with Crippen molar-refractivity contribution in [1.29, 1.82) is 0 Å². The number of benzene rings is 2. The molecule has 2 N–H and O–H groups in total. The van der Waals surface area contributed by atoms with E-state index in [1.807, 2.05) is 55.5 Å². The van der Waals surface area contributed by atoms with E-state index in [9.17, 15) is 4.79 Å². The monoisotopic (exact) mass is 309 g/mol. The number of urea groups is 1. The number of amides is 2. The number of nitrogens with zero attached hydrogens (tertiary/aromatic N) is 3. The van der Waals surface area contributed by atoms with Crippen LogP contribution in [0.5, 0.6) is 0 Å². The first-order valence-corrected chi connectivity index (χ1v) is 7.47. The number of hydrogen-bond donors (Lipinski definition) is 2. The second kappa shape index (κ2) is 6.48. The van der Waals surface area contributed by atoms with Crippen LogP contribution < -0.4 is 10.6 Å². The van der Waals surface area contributed by atoms with Crippen molar-refractivity contribution in [1.82, 2.24) is 10.3 Å². The molecule has 0 aliphatic carbocycles. The summed E-state index contributed by atoms with van der Waals surface area (Å²) in [5, 5.41) is 15.2. The quantitative estimate of drug-likeness (QED) is 0.912. The summed E-state index contributed by atoms with van der Waals surface area (Å²) >= 11 is 0. The van der Waals surface area contributed by atoms with Crippen molar-refractivity contribution in [3.8, 4) is 11.1 Å². The van der Waals surface area contributed by atoms with Crippen LogP contribution in [0, 0.1) is 6.92 Å². The molecule has 2 aromatic carbocycles. The van der Waals surface area contributed by atoms with Gasteiger partial charge in [-0.15, -0.1) is 0 Å². The van der Waals surface area contributed by atoms with Crippen LogP contribution in [-0.2, 0) is 0 Å². The van der Waals surface area contributed by atoms with E-state index in [2.05, 4.69) is 21.0 Å². The second-order valence-electron chi connectivity index (χ2n) is 5.52. The van der Waals surface area contributed by atoms with Gasteiger partial charge < -0.3 is 10.6 Å². The fourth-order valence-electron chi connectivity index (χ4n) is 2.47. The summed E-state index contributed by atoms with van der Waals surface area (Å²) in [6.45, 7) is 2.46. The Morgan fingerprint density at radius 2 is 2.00 bits per heavy atom. The Hall–Kier alpha value is -2.89. The number of aryl methyl sites for hydroxylation is 1. The summed E-state index contributed by atoms with van der Waals surface area (Å²) in [6.07, 6.45) is -0.208. The van der Waals surface area contributed by atoms with E-state index in [0.717, 1.165) is 22.4 Å². The molecule has 3 rings (SSSR count). The fraction of sp³-hybridized carbons (Fsp3) is 0.235. The lowest BCUT2D eigenvalue weighted by Gasteiger charge is -2.19. The van der Waals surface area contributed by atoms with Crippen LogP contribution in [-0.4, -0.2) is 30.8 Å². The molecule has 0 unspecified atom stereocenters. The summed E-state index contributed by atoms with van der Waals surface area (Å²) in [5.41, 5.74) is 3.91. The molecule has 6 heteroatoms. The number of nitrogens with one attached hydrogen (secondary N) is 2. The minimum Gasteiger partial charge on any atom is -0.314 e. The molecule has 6 nitrogen and oxygen atoms in total. The van der Waals surface area contributed by atoms with E-state index in [0.29, 0.717) is 6.54 Å². The zero-order valence-electron chi connectivity index (χ0n) is 13.2. The molecule has 1 heterocycles. The Balaban J connectivity index is 1.79. The highest BCUT2D eigenvalue weighted by molar-refractivity contribution is 5.94. The number of carbonyl (C=O) groups is 1. The van der Waals surface area contributed by atoms with Crippen molar-refractivity contribution < 1.29 is 4.79 Å². The van der Waals surface area contributed by atoms with Gasteiger partial charge in [-0.2, -0.15) is 5.11 Å². The van der Waals surface area contributed by atoms with Gasteiger partial charge in [0, 0.05) is 12.6 Å². The Kier molecular flexibility index (Phi) is 4.23. The second-order valence-corrected chi connectivity index (χ2v) is 5.52. The lowest BCUT2D eigenvalue weighted by atomic mass is 10.0. The molecule has 23 heavy (non-hydrogen) atoms. The molecule has 0 saturated heterocycles. The van der Waals surface area contributed by atoms with Gasteiger partial charge in [-0.3, -0.25) is 5.01 Å². The van der Waals surface area contributed by atoms with Gasteiger partial charge in [-0.1, -0.05) is 47.7 Å². The first-order chi connectivity index (χ1) is 11.1. The normalized spacial score (nSPS) is 16.4. The maximum absolute atomic E-state index is 12.3. The highest BCUT2D eigenvalue weighted by Gasteiger charge is 2.20. The van der Waals surface area contributed by atoms with E-state index in [-0.39, 0.29) is 12.2 Å². The Morgan fingerprint density at radius 3 is 2.70 bits per heavy atom. The lowest BCUT2D eigenvalue weighted by molar-refractivity contribution is 0.223. The van der Waals surface area contributed by atoms with E-state index >= 15 is 0 Å². The minimum atomic E-state index is -0.267. The molecule has 2 amide bonds. The van der Waals surface area contributed by atoms with Crippen molar-refractivity contribution in [3.63, 3.8) is 0 Å². The largest absolute Gasteiger partial charge is 0.320 e. The molecule has 0 aromatic heterocycles. The molecule has 1 aliphatic heterocycles. The Labute approximate surface area is 135 Å². The van der Waals surface area contributed by atoms with Gasteiger partial charge in [-0.25, -0.2) is 4.79 Å². The summed E-state index contributed by atoms with van der Waals surface area (Å²) in [4.78, 5) is 12.3. The third kappa shape index (κ3) is 3.48. The van der Waals surface area contributed by atoms with Gasteiger partial charge in [0.2, 0.25) is 0 Å². The van der Waals surface area contributed by atoms with Crippen molar-refractivity contribution in [2.45, 2.75) is 13.1 Å². The minimum absolute atomic E-state index is 0.208. The van der Waals surface area contributed by atoms with Crippen LogP contribution in [0.4, 0.5) is 10.5 Å². The third-order valence-electron chi connectivity index (χ3n) is 3.72. The number of carbonyl (C=O) groups excluding carboxylic acids is 1. The molecule has 0 saturated carbocycles. The van der Waals surface area contributed by atoms with E-state index in [4.69, 9.17) is 0 Å². The maximum atomic E-state index is 12.3. The predicted octanol–water partition coefficient (Wildman–Crippen LogP) is 3.42. The molecule has 0 radical (unpaired) electrons. The summed E-state index contributed by atoms with van der Waals surface area (Å²) < 4.78 is 0. The number of hydrogen-bond acceptors (Lipinski definition) is 4. The number of likely N-dealkylation sites (N-methyl/N-ethyl adjacent to an activating group) is 1. The van der Waals surface area contributed by atoms with Gasteiger partial charge in [-0.05, 0) is 24.1 Å². The topological polar surface area (TPSA) is 69.1 Å². The lowest BCUT2D eigenvalue weighted by Crippen LogP contribution is -2.45. The first-order valence-electron chi connectivity index (χ1n) is 7.47. The zero-order chi connectivity index (χ0) is 16.2. The Bertz CT molecular complexity index is 729. The van der Waals surface area contributed by atoms with Crippen LogP contribution in [0.15, 0.2) is 58.9 Å². The van der Waals surface area contributed by atoms with Crippen LogP contribution in [0.3, 0.4) is 0 Å². The van der Waals surface area contributed by atoms with Crippen molar-refractivity contribution >= 4 is 11.7 Å². The van der Waals surface area contributed by atoms with E-state index < -0.39 is 0 Å². The van der Waals surface area contributed by atoms with Gasteiger partial charge in [0.1, 0.15) is 12.7 Å². The summed E-state index contributed by atoms with van der Waals surface area (Å²) in [5.74, 6) is 0. The average molecular weight is 309 g/mol. The fourth-order valence-corrected chi connectivity index (χ4v) is 2.47. The molecular weight excluding hydrogens is 290 g/mol. The number of rotatable bonds is 3. The SMILES string of the molecule is Cc1ccc(-c2ccccc2)c(NC(=O)N[C@H]2CN=NN2C)c1. The molecule has 118 valence electrons. The molecular formula is C17H19N5O. The molecule has 0 fully saturated rings. The van der Waals surface area contributed by atoms with Crippen molar-refractivity contribution in [3.05, 3.63) is 54.1 Å². The molecule has 1 aliphatic rings. The smallest absolute Gasteiger partial charge is 0.314 e. The highest BCUT2D eigenvalue weighted by atomic mass is 16.2. The van der Waals surface area contributed by atoms with Gasteiger partial charge in [0.25, 0.3) is 0 Å². The van der Waals surface area contributed by atoms with Gasteiger partial charge in [0.15, 0.2) is 0 Å². The standard InChI is InChI=1S/C17H19N5O/c1-12-8-9-14(13-6-4-3-5-7-13)15(10-12)19-17(23)20-16-11-18-21-22(16)2/h3-10,16H,11H2,1-2H3,(H2,19,20,23)/t16-/m1/s1. The summed E-state index contributed by atoms with van der Waals surface area (Å²) in [6, 6.07) is 15.7. The van der Waals surface area contributed by atoms with E-state index in [1.165, 1.54) is 0 Å². The van der Waals surface area contributed by atoms with Crippen LogP contribution in [0.25, 0.3) is 11.1 Å². The van der Waals surface area contributed by atoms with Crippen molar-refractivity contribution in [2.75, 3.05) is 18.9 Å². The third-order valence-corrected chi connectivity index (χ3v) is 3.72.